The minimum absolute atomic E-state index is 0.0538. The first kappa shape index (κ1) is 16.7. The number of halogens is 1. The normalized spacial score (nSPS) is 11.9. The van der Waals surface area contributed by atoms with Crippen LogP contribution in [0.4, 0.5) is 4.39 Å². The van der Waals surface area contributed by atoms with Crippen LogP contribution in [0, 0.1) is 12.7 Å². The van der Waals surface area contributed by atoms with E-state index in [1.54, 1.807) is 24.5 Å². The summed E-state index contributed by atoms with van der Waals surface area (Å²) in [5, 5.41) is 0.705. The molecule has 0 aliphatic heterocycles. The van der Waals surface area contributed by atoms with Gasteiger partial charge in [-0.1, -0.05) is 17.7 Å². The molecule has 126 valence electrons. The lowest BCUT2D eigenvalue weighted by Crippen LogP contribution is -2.08. The zero-order valence-corrected chi connectivity index (χ0v) is 14.0. The Morgan fingerprint density at radius 3 is 2.62 bits per heavy atom. The number of hydrogen-bond donors (Lipinski definition) is 0. The summed E-state index contributed by atoms with van der Waals surface area (Å²) in [6, 6.07) is 10.8. The second-order valence-corrected chi connectivity index (χ2v) is 7.21. The van der Waals surface area contributed by atoms with Crippen molar-refractivity contribution in [1.82, 2.24) is 0 Å². The second-order valence-electron chi connectivity index (χ2n) is 5.59. The first-order chi connectivity index (χ1) is 11.5. The van der Waals surface area contributed by atoms with E-state index in [2.05, 4.69) is 0 Å². The second kappa shape index (κ2) is 6.75. The Morgan fingerprint density at radius 1 is 1.12 bits per heavy atom. The van der Waals surface area contributed by atoms with Crippen LogP contribution in [-0.4, -0.2) is 15.0 Å². The third-order valence-corrected chi connectivity index (χ3v) is 5.08. The predicted octanol–water partition coefficient (Wildman–Crippen LogP) is 4.22. The summed E-state index contributed by atoms with van der Waals surface area (Å²) in [5.41, 5.74) is 2.42. The molecule has 2 aromatic carbocycles. The van der Waals surface area contributed by atoms with Crippen LogP contribution in [0.5, 0.6) is 0 Å². The van der Waals surface area contributed by atoms with Crippen LogP contribution in [0.3, 0.4) is 0 Å². The summed E-state index contributed by atoms with van der Waals surface area (Å²) in [6.45, 7) is 1.94. The predicted molar refractivity (Wildman–Crippen MR) is 88.8 cm³/mol. The molecule has 0 N–H and O–H groups in total. The van der Waals surface area contributed by atoms with E-state index in [1.807, 2.05) is 6.92 Å². The molecule has 1 aromatic heterocycles. The van der Waals surface area contributed by atoms with E-state index in [0.717, 1.165) is 11.1 Å². The molecule has 0 saturated carbocycles. The molecule has 0 radical (unpaired) electrons. The molecular formula is C18H17FO4S. The monoisotopic (exact) mass is 348 g/mol. The standard InChI is InChI=1S/C18H17FO4S/c1-13-4-7-16(8-5-13)24(20,21)23-10-2-3-14-12-22-18-9-6-15(19)11-17(14)18/h4-9,11-12H,2-3,10H2,1H3. The lowest BCUT2D eigenvalue weighted by atomic mass is 10.1. The number of benzene rings is 2. The molecule has 24 heavy (non-hydrogen) atoms. The lowest BCUT2D eigenvalue weighted by Gasteiger charge is -2.05. The highest BCUT2D eigenvalue weighted by molar-refractivity contribution is 7.86. The van der Waals surface area contributed by atoms with Crippen LogP contribution < -0.4 is 0 Å². The van der Waals surface area contributed by atoms with Crippen molar-refractivity contribution in [1.29, 1.82) is 0 Å². The Kier molecular flexibility index (Phi) is 4.69. The van der Waals surface area contributed by atoms with Crippen LogP contribution in [0.15, 0.2) is 58.0 Å². The van der Waals surface area contributed by atoms with Crippen molar-refractivity contribution in [3.05, 3.63) is 65.7 Å². The van der Waals surface area contributed by atoms with Crippen LogP contribution in [-0.2, 0) is 20.7 Å². The van der Waals surface area contributed by atoms with Crippen molar-refractivity contribution in [2.24, 2.45) is 0 Å². The van der Waals surface area contributed by atoms with Crippen molar-refractivity contribution in [3.8, 4) is 0 Å². The van der Waals surface area contributed by atoms with Gasteiger partial charge >= 0.3 is 0 Å². The van der Waals surface area contributed by atoms with Gasteiger partial charge in [-0.2, -0.15) is 8.42 Å². The van der Waals surface area contributed by atoms with Gasteiger partial charge in [-0.05, 0) is 55.7 Å². The van der Waals surface area contributed by atoms with Gasteiger partial charge in [0.05, 0.1) is 17.8 Å². The smallest absolute Gasteiger partial charge is 0.296 e. The fourth-order valence-corrected chi connectivity index (χ4v) is 3.39. The molecule has 6 heteroatoms. The number of hydrogen-bond acceptors (Lipinski definition) is 4. The first-order valence-electron chi connectivity index (χ1n) is 7.57. The summed E-state index contributed by atoms with van der Waals surface area (Å²) in [7, 11) is -3.75. The van der Waals surface area contributed by atoms with Crippen LogP contribution >= 0.6 is 0 Å². The zero-order valence-electron chi connectivity index (χ0n) is 13.2. The molecule has 0 bridgehead atoms. The van der Waals surface area contributed by atoms with Gasteiger partial charge in [0, 0.05) is 5.39 Å². The van der Waals surface area contributed by atoms with Crippen molar-refractivity contribution >= 4 is 21.1 Å². The molecule has 0 aliphatic rings. The summed E-state index contributed by atoms with van der Waals surface area (Å²) in [6.07, 6.45) is 2.59. The van der Waals surface area contributed by atoms with Gasteiger partial charge in [0.1, 0.15) is 11.4 Å². The van der Waals surface area contributed by atoms with Gasteiger partial charge in [0.2, 0.25) is 0 Å². The molecule has 1 heterocycles. The molecule has 0 fully saturated rings. The van der Waals surface area contributed by atoms with Crippen molar-refractivity contribution in [2.75, 3.05) is 6.61 Å². The number of fused-ring (bicyclic) bond motifs is 1. The molecule has 0 amide bonds. The first-order valence-corrected chi connectivity index (χ1v) is 8.98. The van der Waals surface area contributed by atoms with E-state index in [1.165, 1.54) is 24.3 Å². The Morgan fingerprint density at radius 2 is 1.88 bits per heavy atom. The average Bonchev–Trinajstić information content (AvgIpc) is 2.94. The van der Waals surface area contributed by atoms with E-state index in [0.29, 0.717) is 23.8 Å². The van der Waals surface area contributed by atoms with Crippen molar-refractivity contribution < 1.29 is 21.4 Å². The van der Waals surface area contributed by atoms with Crippen LogP contribution in [0.2, 0.25) is 0 Å². The van der Waals surface area contributed by atoms with E-state index < -0.39 is 10.1 Å². The highest BCUT2D eigenvalue weighted by atomic mass is 32.2. The van der Waals surface area contributed by atoms with Gasteiger partial charge in [-0.3, -0.25) is 4.18 Å². The molecular weight excluding hydrogens is 331 g/mol. The summed E-state index contributed by atoms with van der Waals surface area (Å²) in [4.78, 5) is 0.143. The van der Waals surface area contributed by atoms with Crippen molar-refractivity contribution in [3.63, 3.8) is 0 Å². The third-order valence-electron chi connectivity index (χ3n) is 3.75. The fourth-order valence-electron chi connectivity index (χ4n) is 2.45. The highest BCUT2D eigenvalue weighted by Gasteiger charge is 2.15. The zero-order chi connectivity index (χ0) is 17.2. The van der Waals surface area contributed by atoms with E-state index in [4.69, 9.17) is 8.60 Å². The van der Waals surface area contributed by atoms with E-state index in [-0.39, 0.29) is 17.3 Å². The Bertz CT molecular complexity index is 943. The van der Waals surface area contributed by atoms with E-state index in [9.17, 15) is 12.8 Å². The summed E-state index contributed by atoms with van der Waals surface area (Å²) < 4.78 is 47.9. The van der Waals surface area contributed by atoms with Gasteiger partial charge in [0.15, 0.2) is 0 Å². The topological polar surface area (TPSA) is 56.5 Å². The number of rotatable bonds is 6. The Labute approximate surface area is 140 Å². The minimum atomic E-state index is -3.75. The average molecular weight is 348 g/mol. The minimum Gasteiger partial charge on any atom is -0.464 e. The maximum Gasteiger partial charge on any atom is 0.296 e. The molecule has 0 atom stereocenters. The van der Waals surface area contributed by atoms with Gasteiger partial charge < -0.3 is 4.42 Å². The van der Waals surface area contributed by atoms with E-state index >= 15 is 0 Å². The summed E-state index contributed by atoms with van der Waals surface area (Å²) >= 11 is 0. The molecule has 3 rings (SSSR count). The number of furan rings is 1. The third kappa shape index (κ3) is 3.66. The lowest BCUT2D eigenvalue weighted by molar-refractivity contribution is 0.312. The quantitative estimate of drug-likeness (QED) is 0.494. The van der Waals surface area contributed by atoms with Crippen molar-refractivity contribution in [2.45, 2.75) is 24.7 Å². The molecule has 3 aromatic rings. The van der Waals surface area contributed by atoms with Gasteiger partial charge in [-0.25, -0.2) is 4.39 Å². The fraction of sp³-hybridized carbons (Fsp3) is 0.222. The Hall–Kier alpha value is -2.18. The highest BCUT2D eigenvalue weighted by Crippen LogP contribution is 2.23. The van der Waals surface area contributed by atoms with Crippen LogP contribution in [0.25, 0.3) is 11.0 Å². The largest absolute Gasteiger partial charge is 0.464 e. The number of aryl methyl sites for hydroxylation is 2. The maximum absolute atomic E-state index is 13.3. The molecule has 0 saturated heterocycles. The maximum atomic E-state index is 13.3. The summed E-state index contributed by atoms with van der Waals surface area (Å²) in [5.74, 6) is -0.330. The molecule has 0 unspecified atom stereocenters. The van der Waals surface area contributed by atoms with Crippen LogP contribution in [0.1, 0.15) is 17.5 Å². The molecule has 0 spiro atoms. The SMILES string of the molecule is Cc1ccc(S(=O)(=O)OCCCc2coc3ccc(F)cc23)cc1. The molecule has 4 nitrogen and oxygen atoms in total. The Balaban J connectivity index is 1.60. The van der Waals surface area contributed by atoms with Gasteiger partial charge in [0.25, 0.3) is 10.1 Å². The van der Waals surface area contributed by atoms with Gasteiger partial charge in [-0.15, -0.1) is 0 Å². The molecule has 0 aliphatic carbocycles.